The maximum Gasteiger partial charge on any atom is 0.161 e. The number of benzene rings is 1. The van der Waals surface area contributed by atoms with E-state index >= 15 is 0 Å². The SMILES string of the molecule is CC1(C)CC(=O)C2=C(C1)c1c(ccc3ncccc13)NC2. The van der Waals surface area contributed by atoms with Crippen LogP contribution in [-0.4, -0.2) is 17.3 Å². The summed E-state index contributed by atoms with van der Waals surface area (Å²) in [6.07, 6.45) is 3.42. The molecule has 0 amide bonds. The number of ketones is 1. The number of Topliss-reactive ketones (excluding diaryl/α,β-unsaturated/α-hetero) is 1. The lowest BCUT2D eigenvalue weighted by Crippen LogP contribution is -2.30. The van der Waals surface area contributed by atoms with Gasteiger partial charge in [0.15, 0.2) is 5.78 Å². The van der Waals surface area contributed by atoms with Gasteiger partial charge in [0.1, 0.15) is 0 Å². The van der Waals surface area contributed by atoms with Crippen LogP contribution in [0.2, 0.25) is 0 Å². The second-order valence-electron chi connectivity index (χ2n) is 6.81. The highest BCUT2D eigenvalue weighted by Gasteiger charge is 2.36. The lowest BCUT2D eigenvalue weighted by Gasteiger charge is -2.36. The third-order valence-electron chi connectivity index (χ3n) is 4.54. The van der Waals surface area contributed by atoms with E-state index in [9.17, 15) is 4.79 Å². The van der Waals surface area contributed by atoms with Crippen LogP contribution in [0.3, 0.4) is 0 Å². The van der Waals surface area contributed by atoms with E-state index in [1.165, 1.54) is 11.1 Å². The molecule has 0 atom stereocenters. The zero-order chi connectivity index (χ0) is 14.6. The number of hydrogen-bond acceptors (Lipinski definition) is 3. The van der Waals surface area contributed by atoms with Crippen LogP contribution < -0.4 is 5.32 Å². The number of nitrogens with one attached hydrogen (secondary N) is 1. The third-order valence-corrected chi connectivity index (χ3v) is 4.54. The van der Waals surface area contributed by atoms with E-state index in [-0.39, 0.29) is 5.41 Å². The molecular formula is C18H18N2O. The zero-order valence-corrected chi connectivity index (χ0v) is 12.4. The molecule has 4 rings (SSSR count). The van der Waals surface area contributed by atoms with Crippen LogP contribution in [0.1, 0.15) is 32.3 Å². The predicted molar refractivity (Wildman–Crippen MR) is 85.2 cm³/mol. The first kappa shape index (κ1) is 12.6. The average molecular weight is 278 g/mol. The van der Waals surface area contributed by atoms with Gasteiger partial charge in [-0.2, -0.15) is 0 Å². The molecule has 1 N–H and O–H groups in total. The van der Waals surface area contributed by atoms with Gasteiger partial charge in [0.2, 0.25) is 0 Å². The van der Waals surface area contributed by atoms with E-state index in [0.717, 1.165) is 28.6 Å². The second kappa shape index (κ2) is 4.17. The summed E-state index contributed by atoms with van der Waals surface area (Å²) < 4.78 is 0. The third kappa shape index (κ3) is 1.88. The van der Waals surface area contributed by atoms with Crippen molar-refractivity contribution in [2.24, 2.45) is 5.41 Å². The molecule has 3 heteroatoms. The fourth-order valence-corrected chi connectivity index (χ4v) is 3.61. The Hall–Kier alpha value is -2.16. The maximum atomic E-state index is 12.5. The summed E-state index contributed by atoms with van der Waals surface area (Å²) in [6.45, 7) is 5.02. The molecule has 1 aromatic heterocycles. The second-order valence-corrected chi connectivity index (χ2v) is 6.81. The quantitative estimate of drug-likeness (QED) is 0.797. The van der Waals surface area contributed by atoms with Gasteiger partial charge in [-0.3, -0.25) is 9.78 Å². The summed E-state index contributed by atoms with van der Waals surface area (Å²) in [5.74, 6) is 0.292. The first-order chi connectivity index (χ1) is 10.1. The van der Waals surface area contributed by atoms with Crippen LogP contribution in [0.15, 0.2) is 36.0 Å². The molecule has 0 saturated carbocycles. The standard InChI is InChI=1S/C18H18N2O/c1-18(2)8-12-13(16(21)9-18)10-20-15-6-5-14-11(17(12)15)4-3-7-19-14/h3-7,20H,8-10H2,1-2H3. The highest BCUT2D eigenvalue weighted by atomic mass is 16.1. The Morgan fingerprint density at radius 2 is 2.00 bits per heavy atom. The lowest BCUT2D eigenvalue weighted by atomic mass is 9.70. The number of carbonyl (C=O) groups excluding carboxylic acids is 1. The lowest BCUT2D eigenvalue weighted by molar-refractivity contribution is -0.117. The van der Waals surface area contributed by atoms with Crippen LogP contribution >= 0.6 is 0 Å². The van der Waals surface area contributed by atoms with Gasteiger partial charge in [-0.05, 0) is 35.6 Å². The molecule has 1 aliphatic heterocycles. The highest BCUT2D eigenvalue weighted by Crippen LogP contribution is 2.47. The molecule has 1 aliphatic carbocycles. The Morgan fingerprint density at radius 3 is 2.86 bits per heavy atom. The number of anilines is 1. The smallest absolute Gasteiger partial charge is 0.161 e. The number of pyridine rings is 1. The molecule has 2 aromatic rings. The number of hydrogen-bond donors (Lipinski definition) is 1. The van der Waals surface area contributed by atoms with E-state index in [0.29, 0.717) is 18.7 Å². The van der Waals surface area contributed by atoms with Crippen molar-refractivity contribution < 1.29 is 4.79 Å². The summed E-state index contributed by atoms with van der Waals surface area (Å²) in [4.78, 5) is 16.9. The van der Waals surface area contributed by atoms with Gasteiger partial charge in [-0.15, -0.1) is 0 Å². The van der Waals surface area contributed by atoms with Gasteiger partial charge < -0.3 is 5.32 Å². The van der Waals surface area contributed by atoms with Crippen LogP contribution in [0.5, 0.6) is 0 Å². The van der Waals surface area contributed by atoms with Gasteiger partial charge in [0, 0.05) is 41.4 Å². The molecule has 0 fully saturated rings. The van der Waals surface area contributed by atoms with Crippen molar-refractivity contribution in [3.05, 3.63) is 41.6 Å². The summed E-state index contributed by atoms with van der Waals surface area (Å²) >= 11 is 0. The minimum absolute atomic E-state index is 0.0366. The molecule has 21 heavy (non-hydrogen) atoms. The van der Waals surface area contributed by atoms with E-state index in [1.807, 2.05) is 18.3 Å². The summed E-state index contributed by atoms with van der Waals surface area (Å²) in [5, 5.41) is 4.54. The number of aromatic nitrogens is 1. The predicted octanol–water partition coefficient (Wildman–Crippen LogP) is 3.80. The molecule has 106 valence electrons. The van der Waals surface area contributed by atoms with Crippen LogP contribution in [0, 0.1) is 5.41 Å². The van der Waals surface area contributed by atoms with Crippen molar-refractivity contribution in [3.8, 4) is 0 Å². The number of carbonyl (C=O) groups is 1. The molecule has 3 nitrogen and oxygen atoms in total. The number of rotatable bonds is 0. The van der Waals surface area contributed by atoms with Crippen molar-refractivity contribution in [3.63, 3.8) is 0 Å². The van der Waals surface area contributed by atoms with Gasteiger partial charge in [0.25, 0.3) is 0 Å². The normalized spacial score (nSPS) is 20.0. The molecule has 0 saturated heterocycles. The molecular weight excluding hydrogens is 260 g/mol. The molecule has 1 aromatic carbocycles. The first-order valence-electron chi connectivity index (χ1n) is 7.42. The largest absolute Gasteiger partial charge is 0.380 e. The Labute approximate surface area is 124 Å². The molecule has 0 bridgehead atoms. The number of nitrogens with zero attached hydrogens (tertiary/aromatic N) is 1. The first-order valence-corrected chi connectivity index (χ1v) is 7.42. The Morgan fingerprint density at radius 1 is 1.14 bits per heavy atom. The zero-order valence-electron chi connectivity index (χ0n) is 12.4. The fraction of sp³-hybridized carbons (Fsp3) is 0.333. The molecule has 2 heterocycles. The topological polar surface area (TPSA) is 42.0 Å². The van der Waals surface area contributed by atoms with Crippen molar-refractivity contribution >= 4 is 27.9 Å². The summed E-state index contributed by atoms with van der Waals surface area (Å²) in [6, 6.07) is 8.20. The van der Waals surface area contributed by atoms with Crippen molar-refractivity contribution in [1.29, 1.82) is 0 Å². The Bertz CT molecular complexity index is 802. The monoisotopic (exact) mass is 278 g/mol. The van der Waals surface area contributed by atoms with Crippen molar-refractivity contribution in [2.75, 3.05) is 11.9 Å². The van der Waals surface area contributed by atoms with Crippen LogP contribution in [-0.2, 0) is 4.79 Å². The van der Waals surface area contributed by atoms with Gasteiger partial charge in [-0.25, -0.2) is 0 Å². The van der Waals surface area contributed by atoms with Crippen molar-refractivity contribution in [2.45, 2.75) is 26.7 Å². The van der Waals surface area contributed by atoms with Gasteiger partial charge in [-0.1, -0.05) is 19.9 Å². The summed E-state index contributed by atoms with van der Waals surface area (Å²) in [7, 11) is 0. The average Bonchev–Trinajstić information content (AvgIpc) is 2.45. The van der Waals surface area contributed by atoms with Gasteiger partial charge >= 0.3 is 0 Å². The highest BCUT2D eigenvalue weighted by molar-refractivity contribution is 6.11. The summed E-state index contributed by atoms with van der Waals surface area (Å²) in [5.41, 5.74) is 5.53. The minimum atomic E-state index is 0.0366. The van der Waals surface area contributed by atoms with Crippen LogP contribution in [0.4, 0.5) is 5.69 Å². The molecule has 0 radical (unpaired) electrons. The minimum Gasteiger partial charge on any atom is -0.380 e. The Kier molecular flexibility index (Phi) is 2.49. The van der Waals surface area contributed by atoms with E-state index in [1.54, 1.807) is 0 Å². The van der Waals surface area contributed by atoms with E-state index < -0.39 is 0 Å². The maximum absolute atomic E-state index is 12.5. The number of fused-ring (bicyclic) bond motifs is 4. The van der Waals surface area contributed by atoms with Crippen molar-refractivity contribution in [1.82, 2.24) is 4.98 Å². The Balaban J connectivity index is 2.03. The van der Waals surface area contributed by atoms with Gasteiger partial charge in [0.05, 0.1) is 5.52 Å². The number of allylic oxidation sites excluding steroid dienone is 1. The molecule has 2 aliphatic rings. The van der Waals surface area contributed by atoms with Crippen LogP contribution in [0.25, 0.3) is 16.5 Å². The van der Waals surface area contributed by atoms with E-state index in [2.05, 4.69) is 36.3 Å². The fourth-order valence-electron chi connectivity index (χ4n) is 3.61. The van der Waals surface area contributed by atoms with E-state index in [4.69, 9.17) is 0 Å². The molecule has 0 spiro atoms. The molecule has 0 unspecified atom stereocenters.